The molecule has 0 amide bonds. The molecule has 0 aliphatic heterocycles. The summed E-state index contributed by atoms with van der Waals surface area (Å²) in [7, 11) is 0. The van der Waals surface area contributed by atoms with Gasteiger partial charge in [0.1, 0.15) is 6.61 Å². The SMILES string of the molecule is CCOc1cc(C)ccc1OCc1nnc(SCc2ccc(Br)cc2)n1CC. The Bertz CT molecular complexity index is 913. The number of halogens is 1. The van der Waals surface area contributed by atoms with Gasteiger partial charge in [-0.15, -0.1) is 10.2 Å². The Labute approximate surface area is 178 Å². The molecule has 5 nitrogen and oxygen atoms in total. The predicted molar refractivity (Wildman–Crippen MR) is 116 cm³/mol. The van der Waals surface area contributed by atoms with Gasteiger partial charge in [-0.1, -0.05) is 45.9 Å². The molecule has 7 heteroatoms. The van der Waals surface area contributed by atoms with E-state index in [4.69, 9.17) is 9.47 Å². The van der Waals surface area contributed by atoms with Gasteiger partial charge in [0.2, 0.25) is 0 Å². The van der Waals surface area contributed by atoms with Gasteiger partial charge < -0.3 is 14.0 Å². The Morgan fingerprint density at radius 1 is 1.00 bits per heavy atom. The van der Waals surface area contributed by atoms with Gasteiger partial charge in [0.25, 0.3) is 0 Å². The topological polar surface area (TPSA) is 49.2 Å². The highest BCUT2D eigenvalue weighted by molar-refractivity contribution is 9.10. The largest absolute Gasteiger partial charge is 0.490 e. The van der Waals surface area contributed by atoms with E-state index in [0.717, 1.165) is 44.8 Å². The highest BCUT2D eigenvalue weighted by Gasteiger charge is 2.13. The molecule has 0 saturated heterocycles. The van der Waals surface area contributed by atoms with E-state index < -0.39 is 0 Å². The molecule has 3 aromatic rings. The summed E-state index contributed by atoms with van der Waals surface area (Å²) in [5, 5.41) is 9.60. The average Bonchev–Trinajstić information content (AvgIpc) is 3.09. The molecule has 1 heterocycles. The van der Waals surface area contributed by atoms with Gasteiger partial charge in [0.05, 0.1) is 6.61 Å². The van der Waals surface area contributed by atoms with E-state index in [1.165, 1.54) is 5.56 Å². The van der Waals surface area contributed by atoms with Crippen molar-refractivity contribution in [1.82, 2.24) is 14.8 Å². The lowest BCUT2D eigenvalue weighted by Crippen LogP contribution is -2.08. The van der Waals surface area contributed by atoms with Crippen molar-refractivity contribution in [3.8, 4) is 11.5 Å². The van der Waals surface area contributed by atoms with Crippen LogP contribution in [-0.4, -0.2) is 21.4 Å². The van der Waals surface area contributed by atoms with E-state index in [1.54, 1.807) is 11.8 Å². The fourth-order valence-electron chi connectivity index (χ4n) is 2.72. The van der Waals surface area contributed by atoms with Crippen LogP contribution in [0.3, 0.4) is 0 Å². The van der Waals surface area contributed by atoms with Crippen molar-refractivity contribution < 1.29 is 9.47 Å². The first kappa shape index (κ1) is 20.7. The van der Waals surface area contributed by atoms with Crippen molar-refractivity contribution in [3.05, 3.63) is 63.9 Å². The minimum absolute atomic E-state index is 0.350. The first-order valence-electron chi connectivity index (χ1n) is 9.26. The van der Waals surface area contributed by atoms with E-state index >= 15 is 0 Å². The van der Waals surface area contributed by atoms with Crippen molar-refractivity contribution in [3.63, 3.8) is 0 Å². The molecule has 0 aliphatic rings. The van der Waals surface area contributed by atoms with Gasteiger partial charge >= 0.3 is 0 Å². The normalized spacial score (nSPS) is 10.9. The molecule has 0 saturated carbocycles. The van der Waals surface area contributed by atoms with Crippen LogP contribution in [0, 0.1) is 6.92 Å². The standard InChI is InChI=1S/C21H24BrN3O2S/c1-4-25-20(13-27-18-11-6-15(3)12-19(18)26-5-2)23-24-21(25)28-14-16-7-9-17(22)10-8-16/h6-12H,4-5,13-14H2,1-3H3. The van der Waals surface area contributed by atoms with Crippen molar-refractivity contribution in [1.29, 1.82) is 0 Å². The third kappa shape index (κ3) is 5.29. The van der Waals surface area contributed by atoms with Gasteiger partial charge in [-0.25, -0.2) is 0 Å². The van der Waals surface area contributed by atoms with Crippen molar-refractivity contribution in [2.75, 3.05) is 6.61 Å². The summed E-state index contributed by atoms with van der Waals surface area (Å²) >= 11 is 5.15. The Morgan fingerprint density at radius 3 is 2.50 bits per heavy atom. The molecule has 0 unspecified atom stereocenters. The Hall–Kier alpha value is -1.99. The lowest BCUT2D eigenvalue weighted by molar-refractivity contribution is 0.258. The number of rotatable bonds is 9. The van der Waals surface area contributed by atoms with Crippen LogP contribution >= 0.6 is 27.7 Å². The molecule has 0 N–H and O–H groups in total. The molecule has 0 fully saturated rings. The van der Waals surface area contributed by atoms with Gasteiger partial charge in [-0.3, -0.25) is 0 Å². The van der Waals surface area contributed by atoms with Crippen LogP contribution in [0.15, 0.2) is 52.1 Å². The van der Waals surface area contributed by atoms with Crippen LogP contribution in [-0.2, 0) is 18.9 Å². The molecule has 1 aromatic heterocycles. The molecule has 28 heavy (non-hydrogen) atoms. The summed E-state index contributed by atoms with van der Waals surface area (Å²) in [6.07, 6.45) is 0. The number of hydrogen-bond donors (Lipinski definition) is 0. The zero-order chi connectivity index (χ0) is 19.9. The molecule has 3 rings (SSSR count). The van der Waals surface area contributed by atoms with Gasteiger partial charge in [0.15, 0.2) is 22.5 Å². The maximum atomic E-state index is 6.00. The highest BCUT2D eigenvalue weighted by atomic mass is 79.9. The fraction of sp³-hybridized carbons (Fsp3) is 0.333. The number of aromatic nitrogens is 3. The first-order chi connectivity index (χ1) is 13.6. The minimum atomic E-state index is 0.350. The average molecular weight is 462 g/mol. The number of nitrogens with zero attached hydrogens (tertiary/aromatic N) is 3. The van der Waals surface area contributed by atoms with Crippen LogP contribution in [0.4, 0.5) is 0 Å². The molecule has 0 radical (unpaired) electrons. The van der Waals surface area contributed by atoms with Crippen LogP contribution < -0.4 is 9.47 Å². The summed E-state index contributed by atoms with van der Waals surface area (Å²) in [6.45, 7) is 7.84. The summed E-state index contributed by atoms with van der Waals surface area (Å²) in [5.41, 5.74) is 2.39. The predicted octanol–water partition coefficient (Wildman–Crippen LogP) is 5.64. The monoisotopic (exact) mass is 461 g/mol. The van der Waals surface area contributed by atoms with Gasteiger partial charge in [-0.05, 0) is 56.2 Å². The third-order valence-corrected chi connectivity index (χ3v) is 5.71. The molecule has 0 atom stereocenters. The Morgan fingerprint density at radius 2 is 1.79 bits per heavy atom. The maximum absolute atomic E-state index is 6.00. The Kier molecular flexibility index (Phi) is 7.39. The number of ether oxygens (including phenoxy) is 2. The molecule has 148 valence electrons. The second-order valence-electron chi connectivity index (χ2n) is 6.23. The number of aryl methyl sites for hydroxylation is 1. The van der Waals surface area contributed by atoms with Crippen LogP contribution in [0.2, 0.25) is 0 Å². The minimum Gasteiger partial charge on any atom is -0.490 e. The van der Waals surface area contributed by atoms with Crippen LogP contribution in [0.5, 0.6) is 11.5 Å². The summed E-state index contributed by atoms with van der Waals surface area (Å²) in [5.74, 6) is 3.14. The zero-order valence-corrected chi connectivity index (χ0v) is 18.7. The van der Waals surface area contributed by atoms with Crippen molar-refractivity contribution in [2.45, 2.75) is 44.8 Å². The van der Waals surface area contributed by atoms with Gasteiger partial charge in [0, 0.05) is 16.8 Å². The van der Waals surface area contributed by atoms with Crippen molar-refractivity contribution >= 4 is 27.7 Å². The van der Waals surface area contributed by atoms with E-state index in [2.05, 4.69) is 61.9 Å². The summed E-state index contributed by atoms with van der Waals surface area (Å²) in [6, 6.07) is 14.3. The van der Waals surface area contributed by atoms with E-state index in [0.29, 0.717) is 13.2 Å². The lowest BCUT2D eigenvalue weighted by atomic mass is 10.2. The molecule has 0 aliphatic carbocycles. The van der Waals surface area contributed by atoms with E-state index in [1.807, 2.05) is 32.0 Å². The van der Waals surface area contributed by atoms with Crippen LogP contribution in [0.25, 0.3) is 0 Å². The first-order valence-corrected chi connectivity index (χ1v) is 11.0. The van der Waals surface area contributed by atoms with Gasteiger partial charge in [-0.2, -0.15) is 0 Å². The number of benzene rings is 2. The summed E-state index contributed by atoms with van der Waals surface area (Å²) < 4.78 is 14.9. The summed E-state index contributed by atoms with van der Waals surface area (Å²) in [4.78, 5) is 0. The zero-order valence-electron chi connectivity index (χ0n) is 16.3. The third-order valence-electron chi connectivity index (χ3n) is 4.15. The smallest absolute Gasteiger partial charge is 0.191 e. The quantitative estimate of drug-likeness (QED) is 0.386. The van der Waals surface area contributed by atoms with E-state index in [9.17, 15) is 0 Å². The molecule has 0 bridgehead atoms. The number of hydrogen-bond acceptors (Lipinski definition) is 5. The van der Waals surface area contributed by atoms with Crippen molar-refractivity contribution in [2.24, 2.45) is 0 Å². The molecular formula is C21H24BrN3O2S. The van der Waals surface area contributed by atoms with Crippen LogP contribution in [0.1, 0.15) is 30.8 Å². The number of thioether (sulfide) groups is 1. The molecule has 2 aromatic carbocycles. The Balaban J connectivity index is 1.67. The molecule has 0 spiro atoms. The van der Waals surface area contributed by atoms with E-state index in [-0.39, 0.29) is 0 Å². The highest BCUT2D eigenvalue weighted by Crippen LogP contribution is 2.29. The fourth-order valence-corrected chi connectivity index (χ4v) is 3.97. The lowest BCUT2D eigenvalue weighted by Gasteiger charge is -2.13. The second-order valence-corrected chi connectivity index (χ2v) is 8.09. The molecular weight excluding hydrogens is 438 g/mol. The second kappa shape index (κ2) is 9.98. The maximum Gasteiger partial charge on any atom is 0.191 e.